The molecule has 4 nitrogen and oxygen atoms in total. The molecule has 5 aromatic carbocycles. The Bertz CT molecular complexity index is 2500. The minimum Gasteiger partial charge on any atom is -0.507 e. The molecule has 0 aliphatic heterocycles. The summed E-state index contributed by atoms with van der Waals surface area (Å²) in [6, 6.07) is 30.5. The Labute approximate surface area is 335 Å². The minimum atomic E-state index is -4.45. The molecule has 0 unspecified atom stereocenters. The number of aromatic hydroxyl groups is 1. The molecule has 0 radical (unpaired) electrons. The third-order valence-corrected chi connectivity index (χ3v) is 10.4. The van der Waals surface area contributed by atoms with Gasteiger partial charge in [0.15, 0.2) is 0 Å². The maximum atomic E-state index is 13.5. The minimum absolute atomic E-state index is 0. The predicted molar refractivity (Wildman–Crippen MR) is 212 cm³/mol. The van der Waals surface area contributed by atoms with Crippen LogP contribution in [-0.2, 0) is 32.7 Å². The van der Waals surface area contributed by atoms with Crippen molar-refractivity contribution in [2.24, 2.45) is 11.8 Å². The normalized spacial score (nSPS) is 12.3. The average Bonchev–Trinajstić information content (AvgIpc) is 3.54. The first-order valence-electron chi connectivity index (χ1n) is 18.4. The molecule has 0 atom stereocenters. The van der Waals surface area contributed by atoms with E-state index in [1.54, 1.807) is 12.1 Å². The van der Waals surface area contributed by atoms with E-state index >= 15 is 0 Å². The van der Waals surface area contributed by atoms with E-state index in [1.165, 1.54) is 17.7 Å². The second-order valence-electron chi connectivity index (χ2n) is 16.0. The molecule has 0 spiro atoms. The van der Waals surface area contributed by atoms with Crippen molar-refractivity contribution >= 4 is 22.0 Å². The van der Waals surface area contributed by atoms with Gasteiger partial charge in [0, 0.05) is 32.8 Å². The molecule has 2 heterocycles. The van der Waals surface area contributed by atoms with Crippen LogP contribution in [0.2, 0.25) is 0 Å². The van der Waals surface area contributed by atoms with E-state index in [1.807, 2.05) is 48.7 Å². The van der Waals surface area contributed by atoms with Gasteiger partial charge in [-0.25, -0.2) is 4.98 Å². The van der Waals surface area contributed by atoms with Crippen molar-refractivity contribution in [2.75, 3.05) is 0 Å². The van der Waals surface area contributed by atoms with E-state index in [9.17, 15) is 18.3 Å². The second-order valence-corrected chi connectivity index (χ2v) is 16.0. The first-order valence-corrected chi connectivity index (χ1v) is 18.4. The number of nitrogens with zero attached hydrogens (tertiary/aromatic N) is 2. The summed E-state index contributed by atoms with van der Waals surface area (Å²) in [5.41, 5.74) is 9.29. The van der Waals surface area contributed by atoms with E-state index in [0.29, 0.717) is 51.1 Å². The van der Waals surface area contributed by atoms with Crippen LogP contribution in [0.4, 0.5) is 13.2 Å². The number of phenolic OH excluding ortho intramolecular Hbond substituents is 1. The van der Waals surface area contributed by atoms with Gasteiger partial charge in [-0.15, -0.1) is 35.4 Å². The molecule has 0 saturated carbocycles. The van der Waals surface area contributed by atoms with E-state index < -0.39 is 11.7 Å². The molecular weight excluding hydrogens is 877 g/mol. The van der Waals surface area contributed by atoms with Crippen LogP contribution in [0.5, 0.6) is 5.75 Å². The molecule has 7 rings (SSSR count). The van der Waals surface area contributed by atoms with Gasteiger partial charge in [0.05, 0.1) is 16.6 Å². The van der Waals surface area contributed by atoms with Gasteiger partial charge in [-0.05, 0) is 94.1 Å². The van der Waals surface area contributed by atoms with E-state index in [-0.39, 0.29) is 38.1 Å². The van der Waals surface area contributed by atoms with E-state index in [0.717, 1.165) is 50.9 Å². The summed E-state index contributed by atoms with van der Waals surface area (Å²) >= 11 is 0. The standard InChI is InChI=1S/C47H44F3N2O2.Pt/c1-26(2)42(27(3)4)33-22-36-28(5)18-19-51-43(36)37(23-33)30-10-9-11-31(20-30)38-21-32(29-12-14-34(15-13-29)47(48,49)50)24-41-44(38)52-45(54-41)39-25-35(46(6,7)8)16-17-40(39)53;/h9-19,21-27,42,53H,1-8H3;/q-1;. The molecule has 1 N–H and O–H groups in total. The van der Waals surface area contributed by atoms with Crippen LogP contribution in [0.1, 0.15) is 76.6 Å². The number of rotatable bonds is 7. The number of aryl methyl sites for hydroxylation is 1. The monoisotopic (exact) mass is 920 g/mol. The van der Waals surface area contributed by atoms with Crippen molar-refractivity contribution in [1.82, 2.24) is 9.97 Å². The van der Waals surface area contributed by atoms with Crippen LogP contribution >= 0.6 is 0 Å². The Balaban J connectivity index is 0.00000514. The summed E-state index contributed by atoms with van der Waals surface area (Å²) in [5, 5.41) is 12.1. The molecule has 0 saturated heterocycles. The fourth-order valence-corrected chi connectivity index (χ4v) is 7.67. The van der Waals surface area contributed by atoms with Crippen molar-refractivity contribution in [3.05, 3.63) is 126 Å². The summed E-state index contributed by atoms with van der Waals surface area (Å²) in [7, 11) is 0. The zero-order chi connectivity index (χ0) is 38.7. The molecule has 0 aliphatic carbocycles. The smallest absolute Gasteiger partial charge is 0.416 e. The van der Waals surface area contributed by atoms with Crippen LogP contribution < -0.4 is 0 Å². The van der Waals surface area contributed by atoms with E-state index in [4.69, 9.17) is 14.4 Å². The third-order valence-electron chi connectivity index (χ3n) is 10.4. The fourth-order valence-electron chi connectivity index (χ4n) is 7.67. The number of aromatic nitrogens is 2. The summed E-state index contributed by atoms with van der Waals surface area (Å²) in [6.07, 6.45) is -2.61. The molecule has 0 amide bonds. The van der Waals surface area contributed by atoms with Crippen molar-refractivity contribution in [1.29, 1.82) is 0 Å². The number of phenols is 1. The molecule has 7 aromatic rings. The van der Waals surface area contributed by atoms with Gasteiger partial charge in [0.25, 0.3) is 0 Å². The van der Waals surface area contributed by atoms with Gasteiger partial charge in [-0.1, -0.05) is 102 Å². The molecule has 0 fully saturated rings. The number of pyridine rings is 1. The molecule has 8 heteroatoms. The van der Waals surface area contributed by atoms with Gasteiger partial charge in [-0.3, -0.25) is 4.98 Å². The fraction of sp³-hybridized carbons (Fsp3) is 0.277. The molecule has 55 heavy (non-hydrogen) atoms. The number of benzene rings is 5. The number of oxazole rings is 1. The van der Waals surface area contributed by atoms with Gasteiger partial charge < -0.3 is 9.52 Å². The Morgan fingerprint density at radius 2 is 1.35 bits per heavy atom. The molecule has 0 aliphatic rings. The first-order chi connectivity index (χ1) is 25.5. The molecular formula is C47H44F3N2O2Pt-. The number of alkyl halides is 3. The van der Waals surface area contributed by atoms with Gasteiger partial charge in [-0.2, -0.15) is 13.2 Å². The largest absolute Gasteiger partial charge is 0.507 e. The van der Waals surface area contributed by atoms with Crippen LogP contribution in [0.3, 0.4) is 0 Å². The summed E-state index contributed by atoms with van der Waals surface area (Å²) < 4.78 is 46.9. The maximum absolute atomic E-state index is 13.5. The molecule has 286 valence electrons. The Morgan fingerprint density at radius 3 is 1.96 bits per heavy atom. The Kier molecular flexibility index (Phi) is 10.9. The van der Waals surface area contributed by atoms with Gasteiger partial charge in [0.2, 0.25) is 5.89 Å². The van der Waals surface area contributed by atoms with Crippen LogP contribution in [0.15, 0.2) is 102 Å². The number of hydrogen-bond donors (Lipinski definition) is 1. The number of hydrogen-bond acceptors (Lipinski definition) is 4. The Hall–Kier alpha value is -4.74. The maximum Gasteiger partial charge on any atom is 0.416 e. The predicted octanol–water partition coefficient (Wildman–Crippen LogP) is 13.6. The zero-order valence-electron chi connectivity index (χ0n) is 32.2. The van der Waals surface area contributed by atoms with Crippen LogP contribution in [0, 0.1) is 24.8 Å². The average molecular weight is 921 g/mol. The summed E-state index contributed by atoms with van der Waals surface area (Å²) in [6.45, 7) is 17.4. The third kappa shape index (κ3) is 7.87. The first kappa shape index (κ1) is 39.9. The van der Waals surface area contributed by atoms with Crippen molar-refractivity contribution in [3.63, 3.8) is 0 Å². The number of halogens is 3. The summed E-state index contributed by atoms with van der Waals surface area (Å²) in [4.78, 5) is 9.81. The SMILES string of the molecule is Cc1ccnc2c(-c3[c-]c(-c4cc(-c5ccc(C(F)(F)F)cc5)cc5oc(-c6cc(C(C)(C)C)ccc6O)nc45)ccc3)cc(C(C(C)C)C(C)C)cc12.[Pt]. The van der Waals surface area contributed by atoms with Gasteiger partial charge >= 0.3 is 6.18 Å². The van der Waals surface area contributed by atoms with Crippen LogP contribution in [-0.4, -0.2) is 15.1 Å². The van der Waals surface area contributed by atoms with E-state index in [2.05, 4.69) is 73.6 Å². The molecule has 0 bridgehead atoms. The number of fused-ring (bicyclic) bond motifs is 2. The van der Waals surface area contributed by atoms with Gasteiger partial charge in [0.1, 0.15) is 11.3 Å². The van der Waals surface area contributed by atoms with Crippen molar-refractivity contribution < 1.29 is 43.8 Å². The zero-order valence-corrected chi connectivity index (χ0v) is 34.4. The quantitative estimate of drug-likeness (QED) is 0.162. The topological polar surface area (TPSA) is 59.2 Å². The second kappa shape index (κ2) is 15.1. The van der Waals surface area contributed by atoms with Crippen molar-refractivity contribution in [3.8, 4) is 50.6 Å². The van der Waals surface area contributed by atoms with Crippen molar-refractivity contribution in [2.45, 2.75) is 72.9 Å². The van der Waals surface area contributed by atoms with Crippen LogP contribution in [0.25, 0.3) is 66.8 Å². The Morgan fingerprint density at radius 1 is 0.709 bits per heavy atom. The summed E-state index contributed by atoms with van der Waals surface area (Å²) in [5.74, 6) is 1.45. The molecule has 2 aromatic heterocycles.